The monoisotopic (exact) mass is 256 g/mol. The second kappa shape index (κ2) is 8.41. The molecule has 0 bridgehead atoms. The van der Waals surface area contributed by atoms with E-state index in [1.165, 1.54) is 0 Å². The van der Waals surface area contributed by atoms with Crippen molar-refractivity contribution in [3.63, 3.8) is 0 Å². The number of halogens is 1. The first kappa shape index (κ1) is 15.3. The third-order valence-corrected chi connectivity index (χ3v) is 1.54. The summed E-state index contributed by atoms with van der Waals surface area (Å²) in [6, 6.07) is -0.610. The molecule has 0 unspecified atom stereocenters. The number of carbonyl (C=O) groups is 1. The SMILES string of the molecule is NC(N)=NCCC[C@H](N)C(=O)Cl.[Zn]. The van der Waals surface area contributed by atoms with Crippen LogP contribution in [0.4, 0.5) is 0 Å². The van der Waals surface area contributed by atoms with E-state index in [2.05, 4.69) is 4.99 Å². The summed E-state index contributed by atoms with van der Waals surface area (Å²) in [5.74, 6) is 0.0424. The standard InChI is InChI=1S/C6H13ClN4O.Zn/c7-5(12)4(8)2-1-3-11-6(9)10;/h4H,1-3,8H2,(H4,9,10,11);/t4-;/m0./s1. The van der Waals surface area contributed by atoms with Crippen LogP contribution in [0.2, 0.25) is 0 Å². The molecule has 5 nitrogen and oxygen atoms in total. The molecule has 0 saturated carbocycles. The maximum atomic E-state index is 10.4. The molecule has 0 amide bonds. The topological polar surface area (TPSA) is 107 Å². The van der Waals surface area contributed by atoms with Crippen LogP contribution in [0.3, 0.4) is 0 Å². The van der Waals surface area contributed by atoms with Gasteiger partial charge in [0.05, 0.1) is 6.04 Å². The van der Waals surface area contributed by atoms with Crippen molar-refractivity contribution in [3.8, 4) is 0 Å². The fraction of sp³-hybridized carbons (Fsp3) is 0.667. The van der Waals surface area contributed by atoms with E-state index in [0.717, 1.165) is 0 Å². The van der Waals surface area contributed by atoms with Gasteiger partial charge in [-0.3, -0.25) is 9.79 Å². The molecule has 0 aliphatic heterocycles. The average molecular weight is 258 g/mol. The largest absolute Gasteiger partial charge is 0.370 e. The van der Waals surface area contributed by atoms with Crippen molar-refractivity contribution in [2.75, 3.05) is 6.54 Å². The van der Waals surface area contributed by atoms with Crippen LogP contribution in [0.15, 0.2) is 4.99 Å². The summed E-state index contributed by atoms with van der Waals surface area (Å²) >= 11 is 5.12. The van der Waals surface area contributed by atoms with Gasteiger partial charge in [0, 0.05) is 26.0 Å². The number of hydrogen-bond acceptors (Lipinski definition) is 3. The van der Waals surface area contributed by atoms with Crippen molar-refractivity contribution in [3.05, 3.63) is 0 Å². The minimum atomic E-state index is -0.610. The molecule has 7 heteroatoms. The Morgan fingerprint density at radius 2 is 2.00 bits per heavy atom. The summed E-state index contributed by atoms with van der Waals surface area (Å²) in [6.45, 7) is 0.472. The molecule has 72 valence electrons. The van der Waals surface area contributed by atoms with Gasteiger partial charge in [-0.25, -0.2) is 0 Å². The molecule has 6 N–H and O–H groups in total. The summed E-state index contributed by atoms with van der Waals surface area (Å²) in [6.07, 6.45) is 1.15. The zero-order valence-electron chi connectivity index (χ0n) is 7.37. The van der Waals surface area contributed by atoms with Crippen LogP contribution in [-0.2, 0) is 24.3 Å². The first-order valence-corrected chi connectivity index (χ1v) is 3.92. The Balaban J connectivity index is 0. The van der Waals surface area contributed by atoms with Gasteiger partial charge in [-0.05, 0) is 24.4 Å². The van der Waals surface area contributed by atoms with Crippen LogP contribution in [0.5, 0.6) is 0 Å². The second-order valence-corrected chi connectivity index (χ2v) is 2.73. The van der Waals surface area contributed by atoms with E-state index in [1.54, 1.807) is 0 Å². The Morgan fingerprint density at radius 3 is 2.38 bits per heavy atom. The molecule has 0 aromatic heterocycles. The second-order valence-electron chi connectivity index (χ2n) is 2.36. The number of nitrogens with two attached hydrogens (primary N) is 3. The van der Waals surface area contributed by atoms with Gasteiger partial charge < -0.3 is 17.2 Å². The van der Waals surface area contributed by atoms with Crippen LogP contribution >= 0.6 is 11.6 Å². The molecular formula is C6H13ClN4OZn. The van der Waals surface area contributed by atoms with Gasteiger partial charge in [0.1, 0.15) is 0 Å². The molecule has 0 aromatic rings. The fourth-order valence-corrected chi connectivity index (χ4v) is 0.742. The molecule has 0 aromatic carbocycles. The fourth-order valence-electron chi connectivity index (χ4n) is 0.633. The van der Waals surface area contributed by atoms with Crippen molar-refractivity contribution in [2.24, 2.45) is 22.2 Å². The van der Waals surface area contributed by atoms with Crippen LogP contribution < -0.4 is 17.2 Å². The van der Waals surface area contributed by atoms with Gasteiger partial charge in [0.15, 0.2) is 5.96 Å². The van der Waals surface area contributed by atoms with Gasteiger partial charge in [-0.1, -0.05) is 0 Å². The van der Waals surface area contributed by atoms with Gasteiger partial charge in [0.25, 0.3) is 0 Å². The molecule has 0 saturated heterocycles. The first-order chi connectivity index (χ1) is 5.54. The third-order valence-electron chi connectivity index (χ3n) is 1.26. The summed E-state index contributed by atoms with van der Waals surface area (Å²) in [5, 5.41) is -0.528. The van der Waals surface area contributed by atoms with Crippen molar-refractivity contribution >= 4 is 22.8 Å². The Labute approximate surface area is 94.8 Å². The molecule has 13 heavy (non-hydrogen) atoms. The summed E-state index contributed by atoms with van der Waals surface area (Å²) in [5.41, 5.74) is 15.5. The summed E-state index contributed by atoms with van der Waals surface area (Å²) < 4.78 is 0. The number of guanidine groups is 1. The maximum absolute atomic E-state index is 10.4. The summed E-state index contributed by atoms with van der Waals surface area (Å²) in [7, 11) is 0. The molecule has 0 heterocycles. The van der Waals surface area contributed by atoms with E-state index >= 15 is 0 Å². The number of carbonyl (C=O) groups excluding carboxylic acids is 1. The Kier molecular flexibility index (Phi) is 9.90. The number of hydrogen-bond donors (Lipinski definition) is 3. The van der Waals surface area contributed by atoms with E-state index in [4.69, 9.17) is 28.8 Å². The normalized spacial score (nSPS) is 11.2. The first-order valence-electron chi connectivity index (χ1n) is 3.54. The van der Waals surface area contributed by atoms with E-state index in [1.807, 2.05) is 0 Å². The minimum Gasteiger partial charge on any atom is -0.370 e. The van der Waals surface area contributed by atoms with Crippen molar-refractivity contribution < 1.29 is 24.3 Å². The van der Waals surface area contributed by atoms with Gasteiger partial charge >= 0.3 is 0 Å². The van der Waals surface area contributed by atoms with E-state index < -0.39 is 11.3 Å². The molecule has 0 radical (unpaired) electrons. The molecule has 0 aliphatic rings. The molecule has 0 aliphatic carbocycles. The molecule has 1 atom stereocenters. The number of rotatable bonds is 5. The van der Waals surface area contributed by atoms with Crippen LogP contribution in [0.25, 0.3) is 0 Å². The van der Waals surface area contributed by atoms with Crippen LogP contribution in [-0.4, -0.2) is 23.8 Å². The predicted molar refractivity (Wildman–Crippen MR) is 48.7 cm³/mol. The van der Waals surface area contributed by atoms with Crippen molar-refractivity contribution in [1.82, 2.24) is 0 Å². The zero-order valence-corrected chi connectivity index (χ0v) is 11.1. The Morgan fingerprint density at radius 1 is 1.46 bits per heavy atom. The third kappa shape index (κ3) is 9.73. The van der Waals surface area contributed by atoms with E-state index in [-0.39, 0.29) is 25.4 Å². The Hall–Kier alpha value is -0.187. The van der Waals surface area contributed by atoms with Crippen LogP contribution in [0, 0.1) is 0 Å². The molecular weight excluding hydrogens is 245 g/mol. The number of aliphatic imine (C=N–C) groups is 1. The van der Waals surface area contributed by atoms with Crippen molar-refractivity contribution in [2.45, 2.75) is 18.9 Å². The molecule has 0 fully saturated rings. The zero-order chi connectivity index (χ0) is 9.56. The maximum Gasteiger partial charge on any atom is 0.238 e. The molecule has 0 spiro atoms. The summed E-state index contributed by atoms with van der Waals surface area (Å²) in [4.78, 5) is 14.1. The van der Waals surface area contributed by atoms with Gasteiger partial charge in [-0.15, -0.1) is 0 Å². The average Bonchev–Trinajstić information content (AvgIpc) is 1.97. The van der Waals surface area contributed by atoms with Crippen molar-refractivity contribution in [1.29, 1.82) is 0 Å². The predicted octanol–water partition coefficient (Wildman–Crippen LogP) is -0.870. The van der Waals surface area contributed by atoms with E-state index in [0.29, 0.717) is 19.4 Å². The minimum absolute atomic E-state index is 0. The van der Waals surface area contributed by atoms with E-state index in [9.17, 15) is 4.79 Å². The van der Waals surface area contributed by atoms with Crippen LogP contribution in [0.1, 0.15) is 12.8 Å². The smallest absolute Gasteiger partial charge is 0.238 e. The van der Waals surface area contributed by atoms with Gasteiger partial charge in [0.2, 0.25) is 5.24 Å². The number of nitrogens with zero attached hydrogens (tertiary/aromatic N) is 1. The quantitative estimate of drug-likeness (QED) is 0.196. The Bertz CT molecular complexity index is 183. The van der Waals surface area contributed by atoms with Gasteiger partial charge in [-0.2, -0.15) is 0 Å². The molecule has 0 rings (SSSR count).